The van der Waals surface area contributed by atoms with Crippen LogP contribution < -0.4 is 5.32 Å². The zero-order valence-electron chi connectivity index (χ0n) is 14.4. The first-order valence-electron chi connectivity index (χ1n) is 8.80. The molecular weight excluding hydrogens is 278 g/mol. The topological polar surface area (TPSA) is 44.8 Å². The molecule has 0 radical (unpaired) electrons. The van der Waals surface area contributed by atoms with Crippen LogP contribution in [-0.2, 0) is 4.74 Å². The van der Waals surface area contributed by atoms with Crippen molar-refractivity contribution >= 4 is 6.09 Å². The van der Waals surface area contributed by atoms with Crippen molar-refractivity contribution in [3.8, 4) is 0 Å². The zero-order valence-corrected chi connectivity index (χ0v) is 14.4. The van der Waals surface area contributed by atoms with Crippen LogP contribution >= 0.6 is 0 Å². The van der Waals surface area contributed by atoms with Crippen molar-refractivity contribution in [1.82, 2.24) is 15.1 Å². The molecule has 0 aromatic heterocycles. The molecule has 0 aromatic rings. The van der Waals surface area contributed by atoms with E-state index in [2.05, 4.69) is 10.2 Å². The Kier molecular flexibility index (Phi) is 4.38. The molecule has 3 rings (SSSR count). The zero-order chi connectivity index (χ0) is 15.8. The Morgan fingerprint density at radius 1 is 1.09 bits per heavy atom. The second-order valence-corrected chi connectivity index (χ2v) is 8.32. The third-order valence-electron chi connectivity index (χ3n) is 5.48. The van der Waals surface area contributed by atoms with Gasteiger partial charge in [0.2, 0.25) is 0 Å². The van der Waals surface area contributed by atoms with Gasteiger partial charge in [-0.05, 0) is 65.0 Å². The predicted octanol–water partition coefficient (Wildman–Crippen LogP) is 2.07. The highest BCUT2D eigenvalue weighted by Gasteiger charge is 2.47. The Bertz CT molecular complexity index is 397. The summed E-state index contributed by atoms with van der Waals surface area (Å²) in [7, 11) is 0. The van der Waals surface area contributed by atoms with E-state index in [0.717, 1.165) is 32.2 Å². The molecule has 0 aromatic carbocycles. The second kappa shape index (κ2) is 6.00. The fourth-order valence-electron chi connectivity index (χ4n) is 4.16. The normalized spacial score (nSPS) is 26.8. The Morgan fingerprint density at radius 2 is 1.68 bits per heavy atom. The monoisotopic (exact) mass is 309 g/mol. The number of piperazine rings is 1. The molecule has 5 nitrogen and oxygen atoms in total. The van der Waals surface area contributed by atoms with Gasteiger partial charge in [-0.1, -0.05) is 0 Å². The third-order valence-corrected chi connectivity index (χ3v) is 5.48. The van der Waals surface area contributed by atoms with Crippen LogP contribution in [0.2, 0.25) is 0 Å². The van der Waals surface area contributed by atoms with Gasteiger partial charge in [0, 0.05) is 32.2 Å². The maximum atomic E-state index is 12.1. The van der Waals surface area contributed by atoms with E-state index in [-0.39, 0.29) is 6.09 Å². The maximum absolute atomic E-state index is 12.1. The Hall–Kier alpha value is -0.810. The lowest BCUT2D eigenvalue weighted by Gasteiger charge is -2.55. The Morgan fingerprint density at radius 3 is 2.23 bits per heavy atom. The van der Waals surface area contributed by atoms with Crippen LogP contribution in [0.3, 0.4) is 0 Å². The smallest absolute Gasteiger partial charge is 0.410 e. The van der Waals surface area contributed by atoms with Gasteiger partial charge in [0.25, 0.3) is 0 Å². The van der Waals surface area contributed by atoms with Crippen LogP contribution in [0, 0.1) is 5.41 Å². The lowest BCUT2D eigenvalue weighted by Crippen LogP contribution is -2.59. The number of rotatable bonds is 1. The number of hydrogen-bond donors (Lipinski definition) is 1. The van der Waals surface area contributed by atoms with E-state index in [4.69, 9.17) is 4.74 Å². The number of piperidine rings is 1. The molecule has 126 valence electrons. The highest BCUT2D eigenvalue weighted by molar-refractivity contribution is 5.68. The van der Waals surface area contributed by atoms with Crippen molar-refractivity contribution in [1.29, 1.82) is 0 Å². The van der Waals surface area contributed by atoms with E-state index in [0.29, 0.717) is 5.41 Å². The molecular formula is C17H31N3O2. The van der Waals surface area contributed by atoms with Crippen LogP contribution in [0.5, 0.6) is 0 Å². The first kappa shape index (κ1) is 16.1. The van der Waals surface area contributed by atoms with Crippen molar-refractivity contribution in [2.45, 2.75) is 58.1 Å². The van der Waals surface area contributed by atoms with Crippen molar-refractivity contribution in [3.05, 3.63) is 0 Å². The first-order chi connectivity index (χ1) is 10.4. The summed E-state index contributed by atoms with van der Waals surface area (Å²) in [6, 6.07) is 0.749. The number of carbonyl (C=O) groups excluding carboxylic acids is 1. The van der Waals surface area contributed by atoms with E-state index < -0.39 is 5.60 Å². The summed E-state index contributed by atoms with van der Waals surface area (Å²) in [5.74, 6) is 0. The Labute approximate surface area is 134 Å². The van der Waals surface area contributed by atoms with Crippen LogP contribution in [-0.4, -0.2) is 66.8 Å². The molecule has 0 bridgehead atoms. The fraction of sp³-hybridized carbons (Fsp3) is 0.941. The lowest BCUT2D eigenvalue weighted by molar-refractivity contribution is -0.0421. The van der Waals surface area contributed by atoms with Crippen molar-refractivity contribution in [2.24, 2.45) is 5.41 Å². The molecule has 1 N–H and O–H groups in total. The van der Waals surface area contributed by atoms with E-state index in [1.165, 1.54) is 38.8 Å². The Balaban J connectivity index is 1.42. The molecule has 3 aliphatic rings. The minimum absolute atomic E-state index is 0.157. The van der Waals surface area contributed by atoms with Crippen molar-refractivity contribution in [3.63, 3.8) is 0 Å². The van der Waals surface area contributed by atoms with Crippen molar-refractivity contribution < 1.29 is 9.53 Å². The summed E-state index contributed by atoms with van der Waals surface area (Å²) in [6.45, 7) is 11.8. The number of nitrogens with one attached hydrogen (secondary N) is 1. The van der Waals surface area contributed by atoms with Crippen LogP contribution in [0.25, 0.3) is 0 Å². The van der Waals surface area contributed by atoms with Gasteiger partial charge >= 0.3 is 6.09 Å². The number of ether oxygens (including phenoxy) is 1. The molecule has 1 saturated carbocycles. The second-order valence-electron chi connectivity index (χ2n) is 8.32. The molecule has 2 saturated heterocycles. The number of amides is 1. The summed E-state index contributed by atoms with van der Waals surface area (Å²) in [5.41, 5.74) is 0.238. The maximum Gasteiger partial charge on any atom is 0.410 e. The van der Waals surface area contributed by atoms with E-state index >= 15 is 0 Å². The van der Waals surface area contributed by atoms with Crippen molar-refractivity contribution in [2.75, 3.05) is 39.3 Å². The van der Waals surface area contributed by atoms with Gasteiger partial charge in [-0.3, -0.25) is 4.90 Å². The molecule has 3 fully saturated rings. The molecule has 1 aliphatic carbocycles. The summed E-state index contributed by atoms with van der Waals surface area (Å²) in [4.78, 5) is 16.5. The van der Waals surface area contributed by atoms with Gasteiger partial charge < -0.3 is 15.0 Å². The van der Waals surface area contributed by atoms with Crippen LogP contribution in [0.15, 0.2) is 0 Å². The first-order valence-corrected chi connectivity index (χ1v) is 8.80. The summed E-state index contributed by atoms with van der Waals surface area (Å²) in [5, 5.41) is 3.47. The molecule has 0 atom stereocenters. The van der Waals surface area contributed by atoms with Crippen LogP contribution in [0.4, 0.5) is 4.79 Å². The lowest BCUT2D eigenvalue weighted by atomic mass is 9.60. The van der Waals surface area contributed by atoms with Gasteiger partial charge in [-0.15, -0.1) is 0 Å². The fourth-order valence-corrected chi connectivity index (χ4v) is 4.16. The van der Waals surface area contributed by atoms with Gasteiger partial charge in [-0.25, -0.2) is 4.79 Å². The van der Waals surface area contributed by atoms with Gasteiger partial charge in [0.15, 0.2) is 0 Å². The van der Waals surface area contributed by atoms with Gasteiger partial charge in [0.05, 0.1) is 0 Å². The average molecular weight is 309 g/mol. The summed E-state index contributed by atoms with van der Waals surface area (Å²) >= 11 is 0. The molecule has 0 unspecified atom stereocenters. The number of hydrogen-bond acceptors (Lipinski definition) is 4. The SMILES string of the molecule is CC(C)(C)OC(=O)N1CCN(C2CC3(CCNCC3)C2)CC1. The quantitative estimate of drug-likeness (QED) is 0.805. The average Bonchev–Trinajstić information content (AvgIpc) is 2.44. The minimum Gasteiger partial charge on any atom is -0.444 e. The third kappa shape index (κ3) is 3.57. The highest BCUT2D eigenvalue weighted by atomic mass is 16.6. The van der Waals surface area contributed by atoms with Crippen LogP contribution in [0.1, 0.15) is 46.5 Å². The predicted molar refractivity (Wildman–Crippen MR) is 86.9 cm³/mol. The van der Waals surface area contributed by atoms with Gasteiger partial charge in [0.1, 0.15) is 5.60 Å². The molecule has 2 heterocycles. The standard InChI is InChI=1S/C17H31N3O2/c1-16(2,3)22-15(21)20-10-8-19(9-11-20)14-12-17(13-14)4-6-18-7-5-17/h14,18H,4-13H2,1-3H3. The highest BCUT2D eigenvalue weighted by Crippen LogP contribution is 2.49. The number of nitrogens with zero attached hydrogens (tertiary/aromatic N) is 2. The van der Waals surface area contributed by atoms with E-state index in [1.54, 1.807) is 0 Å². The van der Waals surface area contributed by atoms with Gasteiger partial charge in [-0.2, -0.15) is 0 Å². The largest absolute Gasteiger partial charge is 0.444 e. The molecule has 5 heteroatoms. The molecule has 1 amide bonds. The molecule has 1 spiro atoms. The van der Waals surface area contributed by atoms with E-state index in [1.807, 2.05) is 25.7 Å². The van der Waals surface area contributed by atoms with E-state index in [9.17, 15) is 4.79 Å². The number of carbonyl (C=O) groups is 1. The molecule has 2 aliphatic heterocycles. The minimum atomic E-state index is -0.399. The molecule has 22 heavy (non-hydrogen) atoms. The summed E-state index contributed by atoms with van der Waals surface area (Å²) in [6.07, 6.45) is 5.26. The summed E-state index contributed by atoms with van der Waals surface area (Å²) < 4.78 is 5.46.